The minimum atomic E-state index is -0.960. The number of amides is 2. The molecule has 188 valence electrons. The van der Waals surface area contributed by atoms with E-state index in [-0.39, 0.29) is 24.4 Å². The second kappa shape index (κ2) is 11.4. The molecule has 0 fully saturated rings. The second-order valence-electron chi connectivity index (χ2n) is 10.1. The van der Waals surface area contributed by atoms with Crippen LogP contribution in [-0.4, -0.2) is 41.8 Å². The highest BCUT2D eigenvalue weighted by atomic mass is 16.5. The van der Waals surface area contributed by atoms with E-state index in [9.17, 15) is 19.5 Å². The van der Waals surface area contributed by atoms with Crippen LogP contribution < -0.4 is 10.6 Å². The molecule has 0 aromatic heterocycles. The van der Waals surface area contributed by atoms with Crippen molar-refractivity contribution in [3.05, 3.63) is 59.7 Å². The summed E-state index contributed by atoms with van der Waals surface area (Å²) in [5.74, 6) is -2.19. The Bertz CT molecular complexity index is 1020. The van der Waals surface area contributed by atoms with Gasteiger partial charge in [0.2, 0.25) is 5.91 Å². The van der Waals surface area contributed by atoms with Crippen LogP contribution in [0.15, 0.2) is 48.5 Å². The molecule has 0 saturated heterocycles. The maximum Gasteiger partial charge on any atom is 0.407 e. The minimum Gasteiger partial charge on any atom is -0.481 e. The molecule has 1 aliphatic rings. The smallest absolute Gasteiger partial charge is 0.407 e. The van der Waals surface area contributed by atoms with Crippen LogP contribution in [0.2, 0.25) is 0 Å². The Balaban J connectivity index is 1.66. The van der Waals surface area contributed by atoms with Crippen LogP contribution in [0, 0.1) is 17.8 Å². The molecule has 2 amide bonds. The highest BCUT2D eigenvalue weighted by Gasteiger charge is 2.33. The van der Waals surface area contributed by atoms with E-state index < -0.39 is 36.0 Å². The van der Waals surface area contributed by atoms with E-state index in [1.54, 1.807) is 6.92 Å². The van der Waals surface area contributed by atoms with Gasteiger partial charge in [0, 0.05) is 12.0 Å². The molecule has 0 bridgehead atoms. The van der Waals surface area contributed by atoms with Crippen molar-refractivity contribution in [3.8, 4) is 11.1 Å². The topological polar surface area (TPSA) is 105 Å². The number of carbonyl (C=O) groups is 3. The predicted molar refractivity (Wildman–Crippen MR) is 135 cm³/mol. The highest BCUT2D eigenvalue weighted by Crippen LogP contribution is 2.44. The molecule has 7 heteroatoms. The van der Waals surface area contributed by atoms with Gasteiger partial charge >= 0.3 is 12.1 Å². The van der Waals surface area contributed by atoms with Gasteiger partial charge < -0.3 is 20.5 Å². The van der Waals surface area contributed by atoms with E-state index in [1.165, 1.54) is 0 Å². The number of nitrogens with one attached hydrogen (secondary N) is 2. The Morgan fingerprint density at radius 1 is 0.886 bits per heavy atom. The Kier molecular flexibility index (Phi) is 8.54. The van der Waals surface area contributed by atoms with Crippen molar-refractivity contribution in [1.29, 1.82) is 0 Å². The molecule has 3 unspecified atom stereocenters. The van der Waals surface area contributed by atoms with E-state index in [0.717, 1.165) is 22.3 Å². The van der Waals surface area contributed by atoms with Gasteiger partial charge in [-0.1, -0.05) is 76.2 Å². The number of alkyl carbamates (subject to hydrolysis) is 1. The Hall–Kier alpha value is -3.35. The molecule has 3 N–H and O–H groups in total. The van der Waals surface area contributed by atoms with Gasteiger partial charge in [0.05, 0.1) is 5.92 Å². The molecular weight excluding hydrogens is 444 g/mol. The lowest BCUT2D eigenvalue weighted by molar-refractivity contribution is -0.144. The largest absolute Gasteiger partial charge is 0.481 e. The van der Waals surface area contributed by atoms with Gasteiger partial charge in [-0.05, 0) is 47.4 Å². The minimum absolute atomic E-state index is 0.0760. The van der Waals surface area contributed by atoms with Crippen molar-refractivity contribution in [2.24, 2.45) is 17.8 Å². The summed E-state index contributed by atoms with van der Waals surface area (Å²) in [6.45, 7) is 9.36. The van der Waals surface area contributed by atoms with Gasteiger partial charge in [-0.3, -0.25) is 9.59 Å². The summed E-state index contributed by atoms with van der Waals surface area (Å²) in [6, 6.07) is 14.8. The normalized spacial score (nSPS) is 15.2. The van der Waals surface area contributed by atoms with Crippen molar-refractivity contribution in [2.45, 2.75) is 59.0 Å². The molecule has 35 heavy (non-hydrogen) atoms. The first kappa shape index (κ1) is 26.3. The van der Waals surface area contributed by atoms with Crippen LogP contribution in [0.1, 0.15) is 58.1 Å². The molecule has 1 aliphatic carbocycles. The first-order valence-electron chi connectivity index (χ1n) is 12.2. The third kappa shape index (κ3) is 6.21. The number of rotatable bonds is 10. The summed E-state index contributed by atoms with van der Waals surface area (Å²) in [6.07, 6.45) is -0.263. The highest BCUT2D eigenvalue weighted by molar-refractivity contribution is 5.86. The fourth-order valence-corrected chi connectivity index (χ4v) is 4.98. The summed E-state index contributed by atoms with van der Waals surface area (Å²) in [7, 11) is 0. The van der Waals surface area contributed by atoms with Crippen LogP contribution in [0.3, 0.4) is 0 Å². The van der Waals surface area contributed by atoms with Crippen molar-refractivity contribution in [2.75, 3.05) is 6.61 Å². The number of aliphatic carboxylic acids is 1. The number of carbonyl (C=O) groups excluding carboxylic acids is 2. The second-order valence-corrected chi connectivity index (χ2v) is 10.1. The molecule has 7 nitrogen and oxygen atoms in total. The molecular formula is C28H36N2O5. The molecule has 2 aromatic rings. The zero-order valence-corrected chi connectivity index (χ0v) is 21.1. The Morgan fingerprint density at radius 2 is 1.43 bits per heavy atom. The van der Waals surface area contributed by atoms with E-state index in [0.29, 0.717) is 6.42 Å². The third-order valence-electron chi connectivity index (χ3n) is 6.57. The van der Waals surface area contributed by atoms with E-state index >= 15 is 0 Å². The van der Waals surface area contributed by atoms with E-state index in [4.69, 9.17) is 4.74 Å². The maximum absolute atomic E-state index is 13.0. The van der Waals surface area contributed by atoms with Crippen LogP contribution in [0.25, 0.3) is 11.1 Å². The predicted octanol–water partition coefficient (Wildman–Crippen LogP) is 4.80. The molecule has 0 aliphatic heterocycles. The number of ether oxygens (including phenoxy) is 1. The van der Waals surface area contributed by atoms with Crippen LogP contribution in [-0.2, 0) is 14.3 Å². The average molecular weight is 481 g/mol. The summed E-state index contributed by atoms with van der Waals surface area (Å²) >= 11 is 0. The lowest BCUT2D eigenvalue weighted by Crippen LogP contribution is -2.52. The summed E-state index contributed by atoms with van der Waals surface area (Å²) in [5.41, 5.74) is 4.50. The van der Waals surface area contributed by atoms with E-state index in [1.807, 2.05) is 64.1 Å². The van der Waals surface area contributed by atoms with Gasteiger partial charge in [-0.25, -0.2) is 4.79 Å². The van der Waals surface area contributed by atoms with Crippen molar-refractivity contribution in [1.82, 2.24) is 10.6 Å². The summed E-state index contributed by atoms with van der Waals surface area (Å²) in [4.78, 5) is 37.4. The lowest BCUT2D eigenvalue weighted by atomic mass is 9.89. The summed E-state index contributed by atoms with van der Waals surface area (Å²) in [5, 5.41) is 15.0. The SMILES string of the molecule is CC(C)CC(NC(=O)OCC1c2ccccc2-c2ccccc21)C(=O)NC(C)C(C(=O)O)C(C)C. The maximum atomic E-state index is 13.0. The average Bonchev–Trinajstić information content (AvgIpc) is 3.10. The fourth-order valence-electron chi connectivity index (χ4n) is 4.98. The number of benzene rings is 2. The van der Waals surface area contributed by atoms with Crippen molar-refractivity contribution in [3.63, 3.8) is 0 Å². The number of fused-ring (bicyclic) bond motifs is 3. The number of carboxylic acids is 1. The quantitative estimate of drug-likeness (QED) is 0.453. The van der Waals surface area contributed by atoms with E-state index in [2.05, 4.69) is 22.8 Å². The fraction of sp³-hybridized carbons (Fsp3) is 0.464. The van der Waals surface area contributed by atoms with Crippen LogP contribution in [0.5, 0.6) is 0 Å². The van der Waals surface area contributed by atoms with Gasteiger partial charge in [-0.2, -0.15) is 0 Å². The third-order valence-corrected chi connectivity index (χ3v) is 6.57. The Morgan fingerprint density at radius 3 is 1.91 bits per heavy atom. The van der Waals surface area contributed by atoms with Crippen LogP contribution in [0.4, 0.5) is 4.79 Å². The van der Waals surface area contributed by atoms with Gasteiger partial charge in [-0.15, -0.1) is 0 Å². The molecule has 2 aromatic carbocycles. The zero-order valence-electron chi connectivity index (χ0n) is 21.1. The lowest BCUT2D eigenvalue weighted by Gasteiger charge is -2.27. The van der Waals surface area contributed by atoms with Gasteiger partial charge in [0.25, 0.3) is 0 Å². The van der Waals surface area contributed by atoms with Crippen molar-refractivity contribution >= 4 is 18.0 Å². The number of hydrogen-bond donors (Lipinski definition) is 3. The number of carboxylic acid groups (broad SMARTS) is 1. The molecule has 0 radical (unpaired) electrons. The first-order chi connectivity index (χ1) is 16.6. The molecule has 3 rings (SSSR count). The standard InChI is InChI=1S/C28H36N2O5/c1-16(2)14-24(26(31)29-18(5)25(17(3)4)27(32)33)30-28(34)35-15-23-21-12-8-6-10-19(21)20-11-7-9-13-22(20)23/h6-13,16-18,23-25H,14-15H2,1-5H3,(H,29,31)(H,30,34)(H,32,33). The van der Waals surface area contributed by atoms with Crippen LogP contribution >= 0.6 is 0 Å². The summed E-state index contributed by atoms with van der Waals surface area (Å²) < 4.78 is 5.61. The first-order valence-corrected chi connectivity index (χ1v) is 12.2. The number of hydrogen-bond acceptors (Lipinski definition) is 4. The van der Waals surface area contributed by atoms with Gasteiger partial charge in [0.1, 0.15) is 12.6 Å². The monoisotopic (exact) mass is 480 g/mol. The molecule has 3 atom stereocenters. The molecule has 0 spiro atoms. The molecule has 0 heterocycles. The van der Waals surface area contributed by atoms with Crippen molar-refractivity contribution < 1.29 is 24.2 Å². The Labute approximate surface area is 207 Å². The zero-order chi connectivity index (χ0) is 25.7. The van der Waals surface area contributed by atoms with Gasteiger partial charge in [0.15, 0.2) is 0 Å². The molecule has 0 saturated carbocycles.